The summed E-state index contributed by atoms with van der Waals surface area (Å²) in [6.07, 6.45) is 0. The number of oxime groups is 1. The van der Waals surface area contributed by atoms with Gasteiger partial charge in [0.05, 0.1) is 0 Å². The van der Waals surface area contributed by atoms with E-state index in [1.54, 1.807) is 31.2 Å². The summed E-state index contributed by atoms with van der Waals surface area (Å²) in [4.78, 5) is 0. The van der Waals surface area contributed by atoms with E-state index in [2.05, 4.69) is 5.16 Å². The maximum Gasteiger partial charge on any atom is 0.158 e. The molecule has 0 heterocycles. The minimum Gasteiger partial charge on any atom is -0.411 e. The number of hydrogen-bond donors (Lipinski definition) is 1. The number of rotatable bonds is 4. The molecular formula is C11H14ClNO3S. The van der Waals surface area contributed by atoms with Crippen LogP contribution in [0.3, 0.4) is 0 Å². The quantitative estimate of drug-likeness (QED) is 0.521. The molecule has 0 aromatic heterocycles. The van der Waals surface area contributed by atoms with Crippen LogP contribution in [0, 0.1) is 0 Å². The van der Waals surface area contributed by atoms with Crippen molar-refractivity contribution in [1.82, 2.24) is 0 Å². The summed E-state index contributed by atoms with van der Waals surface area (Å²) >= 11 is 5.81. The number of sulfone groups is 1. The fourth-order valence-electron chi connectivity index (χ4n) is 1.44. The maximum absolute atomic E-state index is 11.7. The summed E-state index contributed by atoms with van der Waals surface area (Å²) in [5, 5.41) is 11.7. The number of nitrogens with zero attached hydrogens (tertiary/aromatic N) is 1. The fourth-order valence-corrected chi connectivity index (χ4v) is 2.66. The van der Waals surface area contributed by atoms with E-state index >= 15 is 0 Å². The van der Waals surface area contributed by atoms with Crippen LogP contribution in [0.1, 0.15) is 19.4 Å². The lowest BCUT2D eigenvalue weighted by atomic mass is 10.1. The molecule has 0 aliphatic carbocycles. The molecule has 0 radical (unpaired) electrons. The molecule has 1 aromatic rings. The predicted molar refractivity (Wildman–Crippen MR) is 68.7 cm³/mol. The van der Waals surface area contributed by atoms with E-state index < -0.39 is 15.1 Å². The number of hydrogen-bond acceptors (Lipinski definition) is 4. The van der Waals surface area contributed by atoms with Crippen molar-refractivity contribution >= 4 is 27.1 Å². The first-order valence-corrected chi connectivity index (χ1v) is 7.21. The van der Waals surface area contributed by atoms with E-state index in [0.717, 1.165) is 0 Å². The monoisotopic (exact) mass is 275 g/mol. The van der Waals surface area contributed by atoms with Gasteiger partial charge in [-0.3, -0.25) is 0 Å². The first kappa shape index (κ1) is 14.0. The maximum atomic E-state index is 11.7. The Hall–Kier alpha value is -1.07. The summed E-state index contributed by atoms with van der Waals surface area (Å²) in [7, 11) is -3.30. The molecule has 1 N–H and O–H groups in total. The van der Waals surface area contributed by atoms with Gasteiger partial charge < -0.3 is 5.21 Å². The van der Waals surface area contributed by atoms with Gasteiger partial charge in [0.1, 0.15) is 11.0 Å². The van der Waals surface area contributed by atoms with E-state index in [-0.39, 0.29) is 11.5 Å². The van der Waals surface area contributed by atoms with E-state index in [4.69, 9.17) is 16.8 Å². The first-order chi connectivity index (χ1) is 7.92. The first-order valence-electron chi connectivity index (χ1n) is 5.11. The molecular weight excluding hydrogens is 262 g/mol. The molecule has 0 bridgehead atoms. The second-order valence-electron chi connectivity index (χ2n) is 3.59. The molecule has 0 aliphatic rings. The van der Waals surface area contributed by atoms with Gasteiger partial charge in [-0.1, -0.05) is 35.8 Å². The standard InChI is InChI=1S/C11H14ClNO3S/c1-3-17(15,16)8(2)11(13-14)9-5-4-6-10(12)7-9/h4-8,14H,3H2,1-2H3/b13-11+/t8-/m0/s1. The molecule has 6 heteroatoms. The van der Waals surface area contributed by atoms with Gasteiger partial charge in [0.15, 0.2) is 9.84 Å². The van der Waals surface area contributed by atoms with Crippen LogP contribution in [-0.4, -0.2) is 30.3 Å². The molecule has 1 rings (SSSR count). The van der Waals surface area contributed by atoms with Gasteiger partial charge >= 0.3 is 0 Å². The highest BCUT2D eigenvalue weighted by molar-refractivity contribution is 7.92. The Labute approximate surface area is 106 Å². The predicted octanol–water partition coefficient (Wildman–Crippen LogP) is 2.34. The minimum absolute atomic E-state index is 0.00620. The highest BCUT2D eigenvalue weighted by atomic mass is 35.5. The lowest BCUT2D eigenvalue weighted by Gasteiger charge is -2.13. The van der Waals surface area contributed by atoms with Crippen LogP contribution in [-0.2, 0) is 9.84 Å². The molecule has 0 aliphatic heterocycles. The fraction of sp³-hybridized carbons (Fsp3) is 0.364. The molecule has 94 valence electrons. The van der Waals surface area contributed by atoms with Crippen molar-refractivity contribution in [2.75, 3.05) is 5.75 Å². The van der Waals surface area contributed by atoms with Gasteiger partial charge in [0, 0.05) is 16.3 Å². The highest BCUT2D eigenvalue weighted by Gasteiger charge is 2.26. The summed E-state index contributed by atoms with van der Waals surface area (Å²) in [6.45, 7) is 3.05. The van der Waals surface area contributed by atoms with Crippen molar-refractivity contribution in [3.05, 3.63) is 34.9 Å². The Balaban J connectivity index is 3.19. The lowest BCUT2D eigenvalue weighted by Crippen LogP contribution is -2.29. The normalized spacial score (nSPS) is 14.6. The van der Waals surface area contributed by atoms with Crippen molar-refractivity contribution in [1.29, 1.82) is 0 Å². The summed E-state index contributed by atoms with van der Waals surface area (Å²) in [5.41, 5.74) is 0.610. The van der Waals surface area contributed by atoms with Gasteiger partial charge in [-0.15, -0.1) is 0 Å². The molecule has 17 heavy (non-hydrogen) atoms. The van der Waals surface area contributed by atoms with Crippen molar-refractivity contribution in [3.8, 4) is 0 Å². The molecule has 0 saturated carbocycles. The Morgan fingerprint density at radius 2 is 2.18 bits per heavy atom. The second kappa shape index (κ2) is 5.51. The Morgan fingerprint density at radius 1 is 1.53 bits per heavy atom. The van der Waals surface area contributed by atoms with Crippen LogP contribution in [0.5, 0.6) is 0 Å². The highest BCUT2D eigenvalue weighted by Crippen LogP contribution is 2.16. The Bertz CT molecular complexity index is 525. The molecule has 0 amide bonds. The van der Waals surface area contributed by atoms with Crippen molar-refractivity contribution < 1.29 is 13.6 Å². The number of halogens is 1. The SMILES string of the molecule is CCS(=O)(=O)[C@@H](C)/C(=N\O)c1cccc(Cl)c1. The molecule has 4 nitrogen and oxygen atoms in total. The molecule has 0 saturated heterocycles. The van der Waals surface area contributed by atoms with Crippen LogP contribution in [0.15, 0.2) is 29.4 Å². The zero-order chi connectivity index (χ0) is 13.1. The van der Waals surface area contributed by atoms with Crippen molar-refractivity contribution in [3.63, 3.8) is 0 Å². The number of benzene rings is 1. The average molecular weight is 276 g/mol. The smallest absolute Gasteiger partial charge is 0.158 e. The van der Waals surface area contributed by atoms with E-state index in [1.807, 2.05) is 0 Å². The van der Waals surface area contributed by atoms with Crippen LogP contribution in [0.25, 0.3) is 0 Å². The minimum atomic E-state index is -3.30. The molecule has 1 aromatic carbocycles. The molecule has 0 fully saturated rings. The zero-order valence-corrected chi connectivity index (χ0v) is 11.2. The van der Waals surface area contributed by atoms with Crippen LogP contribution < -0.4 is 0 Å². The van der Waals surface area contributed by atoms with Crippen molar-refractivity contribution in [2.45, 2.75) is 19.1 Å². The zero-order valence-electron chi connectivity index (χ0n) is 9.59. The largest absolute Gasteiger partial charge is 0.411 e. The molecule has 1 atom stereocenters. The third-order valence-corrected chi connectivity index (χ3v) is 4.89. The molecule has 0 spiro atoms. The summed E-state index contributed by atoms with van der Waals surface area (Å²) < 4.78 is 23.5. The van der Waals surface area contributed by atoms with Gasteiger partial charge in [0.25, 0.3) is 0 Å². The summed E-state index contributed by atoms with van der Waals surface area (Å²) in [6, 6.07) is 6.56. The third kappa shape index (κ3) is 3.20. The van der Waals surface area contributed by atoms with E-state index in [9.17, 15) is 8.42 Å². The van der Waals surface area contributed by atoms with Crippen LogP contribution in [0.4, 0.5) is 0 Å². The lowest BCUT2D eigenvalue weighted by molar-refractivity contribution is 0.318. The van der Waals surface area contributed by atoms with Crippen LogP contribution >= 0.6 is 11.6 Å². The molecule has 0 unspecified atom stereocenters. The van der Waals surface area contributed by atoms with Gasteiger partial charge in [-0.25, -0.2) is 8.42 Å². The summed E-state index contributed by atoms with van der Waals surface area (Å²) in [5.74, 6) is -0.00620. The van der Waals surface area contributed by atoms with Gasteiger partial charge in [0.2, 0.25) is 0 Å². The topological polar surface area (TPSA) is 66.7 Å². The van der Waals surface area contributed by atoms with Gasteiger partial charge in [-0.2, -0.15) is 0 Å². The van der Waals surface area contributed by atoms with E-state index in [1.165, 1.54) is 6.92 Å². The third-order valence-electron chi connectivity index (χ3n) is 2.55. The Morgan fingerprint density at radius 3 is 2.65 bits per heavy atom. The van der Waals surface area contributed by atoms with E-state index in [0.29, 0.717) is 10.6 Å². The van der Waals surface area contributed by atoms with Gasteiger partial charge in [-0.05, 0) is 19.1 Å². The second-order valence-corrected chi connectivity index (χ2v) is 6.64. The average Bonchev–Trinajstić information content (AvgIpc) is 2.30. The van der Waals surface area contributed by atoms with Crippen LogP contribution in [0.2, 0.25) is 5.02 Å². The Kier molecular flexibility index (Phi) is 4.54. The van der Waals surface area contributed by atoms with Crippen molar-refractivity contribution in [2.24, 2.45) is 5.16 Å².